The van der Waals surface area contributed by atoms with Crippen molar-refractivity contribution in [2.75, 3.05) is 0 Å². The fourth-order valence-electron chi connectivity index (χ4n) is 3.24. The molecule has 2 aromatic carbocycles. The van der Waals surface area contributed by atoms with Gasteiger partial charge in [-0.3, -0.25) is 4.98 Å². The highest BCUT2D eigenvalue weighted by molar-refractivity contribution is 9.10. The Morgan fingerprint density at radius 2 is 1.75 bits per heavy atom. The molecule has 144 valence electrons. The largest absolute Gasteiger partial charge is 0.435 e. The number of pyridine rings is 1. The first kappa shape index (κ1) is 19.5. The summed E-state index contributed by atoms with van der Waals surface area (Å²) in [5.74, 6) is 0. The lowest BCUT2D eigenvalue weighted by molar-refractivity contribution is -0.275. The van der Waals surface area contributed by atoms with Gasteiger partial charge < -0.3 is 4.84 Å². The van der Waals surface area contributed by atoms with Gasteiger partial charge in [-0.2, -0.15) is 13.2 Å². The van der Waals surface area contributed by atoms with Crippen molar-refractivity contribution < 1.29 is 18.0 Å². The fourth-order valence-corrected chi connectivity index (χ4v) is 4.22. The van der Waals surface area contributed by atoms with Gasteiger partial charge in [-0.1, -0.05) is 50.4 Å². The second kappa shape index (κ2) is 6.90. The Kier molecular flexibility index (Phi) is 4.80. The molecule has 0 N–H and O–H groups in total. The van der Waals surface area contributed by atoms with Gasteiger partial charge in [0.15, 0.2) is 0 Å². The van der Waals surface area contributed by atoms with Gasteiger partial charge in [0.1, 0.15) is 0 Å². The van der Waals surface area contributed by atoms with Gasteiger partial charge in [0, 0.05) is 49.8 Å². The van der Waals surface area contributed by atoms with E-state index in [1.54, 1.807) is 30.6 Å². The molecule has 4 rings (SSSR count). The van der Waals surface area contributed by atoms with E-state index in [4.69, 9.17) is 28.0 Å². The van der Waals surface area contributed by atoms with Crippen LogP contribution in [0.5, 0.6) is 0 Å². The molecule has 0 saturated carbocycles. The molecule has 1 aromatic heterocycles. The number of aromatic nitrogens is 1. The van der Waals surface area contributed by atoms with Crippen molar-refractivity contribution in [3.8, 4) is 0 Å². The summed E-state index contributed by atoms with van der Waals surface area (Å²) in [5, 5.41) is 5.47. The summed E-state index contributed by atoms with van der Waals surface area (Å²) < 4.78 is 43.2. The van der Waals surface area contributed by atoms with Gasteiger partial charge in [-0.15, -0.1) is 0 Å². The lowest BCUT2D eigenvalue weighted by Crippen LogP contribution is -2.42. The standard InChI is InChI=1S/C19H10BrCl2F3N2O/c20-16-2-1-14(13-3-4-26-9-15(13)16)17-8-18(28-27-17,19(23,24)25)10-5-11(21)7-12(22)6-10/h1-7,9H,8H2. The van der Waals surface area contributed by atoms with Crippen LogP contribution in [0, 0.1) is 0 Å². The van der Waals surface area contributed by atoms with Crippen LogP contribution in [0.25, 0.3) is 10.8 Å². The van der Waals surface area contributed by atoms with E-state index < -0.39 is 18.2 Å². The van der Waals surface area contributed by atoms with Gasteiger partial charge >= 0.3 is 6.18 Å². The second-order valence-electron chi connectivity index (χ2n) is 6.31. The molecule has 0 saturated heterocycles. The summed E-state index contributed by atoms with van der Waals surface area (Å²) in [4.78, 5) is 9.13. The van der Waals surface area contributed by atoms with E-state index in [0.29, 0.717) is 10.9 Å². The summed E-state index contributed by atoms with van der Waals surface area (Å²) >= 11 is 15.3. The average Bonchev–Trinajstić information content (AvgIpc) is 3.08. The molecule has 0 spiro atoms. The van der Waals surface area contributed by atoms with Crippen LogP contribution in [-0.4, -0.2) is 16.9 Å². The molecular weight excluding hydrogens is 480 g/mol. The number of rotatable bonds is 2. The Bertz CT molecular complexity index is 1100. The summed E-state index contributed by atoms with van der Waals surface area (Å²) in [7, 11) is 0. The van der Waals surface area contributed by atoms with E-state index in [1.807, 2.05) is 0 Å². The van der Waals surface area contributed by atoms with Crippen molar-refractivity contribution in [2.45, 2.75) is 18.2 Å². The predicted octanol–water partition coefficient (Wildman–Crippen LogP) is 6.89. The van der Waals surface area contributed by atoms with Crippen LogP contribution >= 0.6 is 39.1 Å². The van der Waals surface area contributed by atoms with E-state index in [2.05, 4.69) is 26.1 Å². The highest BCUT2D eigenvalue weighted by Gasteiger charge is 2.62. The van der Waals surface area contributed by atoms with Crippen LogP contribution in [-0.2, 0) is 10.4 Å². The topological polar surface area (TPSA) is 34.5 Å². The number of fused-ring (bicyclic) bond motifs is 1. The van der Waals surface area contributed by atoms with E-state index in [0.717, 1.165) is 9.86 Å². The molecule has 2 heterocycles. The van der Waals surface area contributed by atoms with Crippen molar-refractivity contribution in [2.24, 2.45) is 5.16 Å². The smallest absolute Gasteiger partial charge is 0.374 e. The number of alkyl halides is 3. The van der Waals surface area contributed by atoms with Crippen LogP contribution in [0.1, 0.15) is 17.5 Å². The van der Waals surface area contributed by atoms with Crippen LogP contribution in [0.3, 0.4) is 0 Å². The summed E-state index contributed by atoms with van der Waals surface area (Å²) in [5.41, 5.74) is -2.14. The molecule has 3 nitrogen and oxygen atoms in total. The number of hydrogen-bond donors (Lipinski definition) is 0. The van der Waals surface area contributed by atoms with E-state index in [1.165, 1.54) is 18.2 Å². The maximum atomic E-state index is 14.1. The molecular formula is C19H10BrCl2F3N2O. The van der Waals surface area contributed by atoms with Crippen molar-refractivity contribution in [3.05, 3.63) is 74.4 Å². The third kappa shape index (κ3) is 3.15. The molecule has 0 aliphatic carbocycles. The molecule has 9 heteroatoms. The van der Waals surface area contributed by atoms with Crippen molar-refractivity contribution in [1.82, 2.24) is 4.98 Å². The number of halogens is 6. The number of nitrogens with zero attached hydrogens (tertiary/aromatic N) is 2. The third-order valence-electron chi connectivity index (χ3n) is 4.59. The Morgan fingerprint density at radius 3 is 2.43 bits per heavy atom. The van der Waals surface area contributed by atoms with E-state index >= 15 is 0 Å². The highest BCUT2D eigenvalue weighted by atomic mass is 79.9. The highest BCUT2D eigenvalue weighted by Crippen LogP contribution is 2.50. The average molecular weight is 490 g/mol. The molecule has 28 heavy (non-hydrogen) atoms. The zero-order valence-corrected chi connectivity index (χ0v) is 17.0. The number of hydrogen-bond acceptors (Lipinski definition) is 3. The van der Waals surface area contributed by atoms with Crippen LogP contribution in [0.2, 0.25) is 10.0 Å². The Labute approximate surface area is 176 Å². The number of benzene rings is 2. The van der Waals surface area contributed by atoms with Crippen molar-refractivity contribution in [3.63, 3.8) is 0 Å². The lowest BCUT2D eigenvalue weighted by atomic mass is 9.86. The molecule has 1 aliphatic rings. The molecule has 0 bridgehead atoms. The minimum atomic E-state index is -4.74. The van der Waals surface area contributed by atoms with Crippen molar-refractivity contribution >= 4 is 55.6 Å². The Morgan fingerprint density at radius 1 is 1.04 bits per heavy atom. The fraction of sp³-hybridized carbons (Fsp3) is 0.158. The molecule has 0 fully saturated rings. The molecule has 0 amide bonds. The molecule has 3 aromatic rings. The summed E-state index contributed by atoms with van der Waals surface area (Å²) in [6.07, 6.45) is -2.04. The Hall–Kier alpha value is -1.83. The predicted molar refractivity (Wildman–Crippen MR) is 106 cm³/mol. The second-order valence-corrected chi connectivity index (χ2v) is 8.03. The zero-order chi connectivity index (χ0) is 20.1. The minimum Gasteiger partial charge on any atom is -0.374 e. The number of oxime groups is 1. The first-order valence-electron chi connectivity index (χ1n) is 8.02. The monoisotopic (exact) mass is 488 g/mol. The third-order valence-corrected chi connectivity index (χ3v) is 5.72. The van der Waals surface area contributed by atoms with E-state index in [-0.39, 0.29) is 21.3 Å². The first-order valence-corrected chi connectivity index (χ1v) is 9.57. The molecule has 1 unspecified atom stereocenters. The normalized spacial score (nSPS) is 19.6. The minimum absolute atomic E-state index is 0.0864. The van der Waals surface area contributed by atoms with Gasteiger partial charge in [-0.25, -0.2) is 0 Å². The van der Waals surface area contributed by atoms with Gasteiger partial charge in [0.25, 0.3) is 5.60 Å². The zero-order valence-electron chi connectivity index (χ0n) is 13.9. The van der Waals surface area contributed by atoms with Crippen LogP contribution in [0.15, 0.2) is 58.4 Å². The lowest BCUT2D eigenvalue weighted by Gasteiger charge is -2.29. The quantitative estimate of drug-likeness (QED) is 0.393. The van der Waals surface area contributed by atoms with Crippen LogP contribution < -0.4 is 0 Å². The molecule has 1 aliphatic heterocycles. The Balaban J connectivity index is 1.84. The molecule has 0 radical (unpaired) electrons. The SMILES string of the molecule is FC(F)(F)C1(c2cc(Cl)cc(Cl)c2)CC(c2ccc(Br)c3cnccc23)=NO1. The van der Waals surface area contributed by atoms with Gasteiger partial charge in [-0.05, 0) is 35.7 Å². The summed E-state index contributed by atoms with van der Waals surface area (Å²) in [6, 6.07) is 8.92. The van der Waals surface area contributed by atoms with Crippen molar-refractivity contribution in [1.29, 1.82) is 0 Å². The van der Waals surface area contributed by atoms with Gasteiger partial charge in [0.05, 0.1) is 5.71 Å². The molecule has 1 atom stereocenters. The van der Waals surface area contributed by atoms with Crippen LogP contribution in [0.4, 0.5) is 13.2 Å². The first-order chi connectivity index (χ1) is 13.2. The van der Waals surface area contributed by atoms with E-state index in [9.17, 15) is 13.2 Å². The van der Waals surface area contributed by atoms with Gasteiger partial charge in [0.2, 0.25) is 0 Å². The maximum Gasteiger partial charge on any atom is 0.435 e. The summed E-state index contributed by atoms with van der Waals surface area (Å²) in [6.45, 7) is 0. The maximum absolute atomic E-state index is 14.1.